The summed E-state index contributed by atoms with van der Waals surface area (Å²) in [5.74, 6) is -0.0478. The van der Waals surface area contributed by atoms with Crippen LogP contribution in [-0.2, 0) is 39.1 Å². The maximum atomic E-state index is 13.7. The molecule has 0 radical (unpaired) electrons. The summed E-state index contributed by atoms with van der Waals surface area (Å²) in [6.45, 7) is 6.76. The fourth-order valence-electron chi connectivity index (χ4n) is 7.18. The molecule has 5 heterocycles. The minimum absolute atomic E-state index is 0.0397. The third kappa shape index (κ3) is 9.13. The Labute approximate surface area is 339 Å². The quantitative estimate of drug-likeness (QED) is 0.0485. The number of ether oxygens (including phenoxy) is 2. The Morgan fingerprint density at radius 1 is 1.05 bits per heavy atom. The molecule has 3 N–H and O–H groups in total. The van der Waals surface area contributed by atoms with Gasteiger partial charge in [-0.2, -0.15) is 0 Å². The summed E-state index contributed by atoms with van der Waals surface area (Å²) in [5, 5.41) is 5.89. The van der Waals surface area contributed by atoms with Gasteiger partial charge in [-0.25, -0.2) is 9.55 Å². The van der Waals surface area contributed by atoms with E-state index in [1.807, 2.05) is 6.92 Å². The van der Waals surface area contributed by atoms with Crippen LogP contribution in [0, 0.1) is 6.92 Å². The molecule has 2 aliphatic heterocycles. The van der Waals surface area contributed by atoms with Crippen LogP contribution in [0.5, 0.6) is 5.75 Å². The standard InChI is InChI=1S/C41H45N8O9P/c1-25-15-30-21-42-32-20-36(26(2)16-31(32)40(52)49(30)22-25)57-12-6-7-38(51)43-37-24-47(4)39(44-37)35(50)18-27-17-34(46(3)23-27)41(53)48-11-10-28-19-29(8-9-33(28)48)45-59(54,55)58-14-13-56-5/h8-11,16-17,19-21,23-24,30H,1,6-7,12-15,18,22H2,2-5H3,(H,43,51)(H2,45,54,55)/t30-/m0/s1. The molecule has 2 atom stereocenters. The third-order valence-corrected chi connectivity index (χ3v) is 11.1. The lowest BCUT2D eigenvalue weighted by atomic mass is 10.1. The van der Waals surface area contributed by atoms with E-state index in [0.29, 0.717) is 64.2 Å². The van der Waals surface area contributed by atoms with Crippen molar-refractivity contribution >= 4 is 65.6 Å². The zero-order chi connectivity index (χ0) is 42.0. The molecule has 5 aromatic rings. The fraction of sp³-hybridized carbons (Fsp3) is 0.317. The number of anilines is 2. The predicted octanol–water partition coefficient (Wildman–Crippen LogP) is 5.60. The molecular formula is C41H45N8O9P. The van der Waals surface area contributed by atoms with Gasteiger partial charge >= 0.3 is 7.75 Å². The average molecular weight is 825 g/mol. The number of benzene rings is 2. The molecule has 2 aromatic carbocycles. The lowest BCUT2D eigenvalue weighted by Gasteiger charge is -2.20. The number of aliphatic imine (C=N–C) groups is 1. The van der Waals surface area contributed by atoms with E-state index in [1.54, 1.807) is 95.4 Å². The molecule has 308 valence electrons. The van der Waals surface area contributed by atoms with Gasteiger partial charge in [0.15, 0.2) is 11.6 Å². The molecule has 1 unspecified atom stereocenters. The second-order valence-corrected chi connectivity index (χ2v) is 16.1. The van der Waals surface area contributed by atoms with Gasteiger partial charge in [0.05, 0.1) is 42.6 Å². The lowest BCUT2D eigenvalue weighted by Crippen LogP contribution is -2.35. The average Bonchev–Trinajstić information content (AvgIpc) is 3.95. The summed E-state index contributed by atoms with van der Waals surface area (Å²) in [4.78, 5) is 73.9. The maximum Gasteiger partial charge on any atom is 0.430 e. The first-order valence-electron chi connectivity index (χ1n) is 18.9. The number of aryl methyl sites for hydroxylation is 3. The molecule has 1 fully saturated rings. The molecule has 2 aliphatic rings. The Morgan fingerprint density at radius 3 is 2.66 bits per heavy atom. The number of aromatic nitrogens is 4. The van der Waals surface area contributed by atoms with Crippen LogP contribution >= 0.6 is 7.75 Å². The summed E-state index contributed by atoms with van der Waals surface area (Å²) in [5.41, 5.74) is 4.72. The minimum Gasteiger partial charge on any atom is -0.493 e. The van der Waals surface area contributed by atoms with Gasteiger partial charge in [-0.15, -0.1) is 0 Å². The van der Waals surface area contributed by atoms with E-state index in [1.165, 1.54) is 11.7 Å². The molecule has 17 nitrogen and oxygen atoms in total. The Bertz CT molecular complexity index is 2570. The van der Waals surface area contributed by atoms with E-state index in [0.717, 1.165) is 11.1 Å². The first kappa shape index (κ1) is 41.0. The number of nitrogens with zero attached hydrogens (tertiary/aromatic N) is 6. The third-order valence-electron chi connectivity index (χ3n) is 10.0. The number of hydrogen-bond donors (Lipinski definition) is 3. The number of methoxy groups -OCH3 is 1. The second kappa shape index (κ2) is 17.0. The number of nitrogens with one attached hydrogen (secondary N) is 2. The van der Waals surface area contributed by atoms with Crippen molar-refractivity contribution in [3.8, 4) is 5.75 Å². The Balaban J connectivity index is 0.913. The topological polar surface area (TPSA) is 201 Å². The van der Waals surface area contributed by atoms with Crippen molar-refractivity contribution in [1.29, 1.82) is 0 Å². The predicted molar refractivity (Wildman–Crippen MR) is 221 cm³/mol. The van der Waals surface area contributed by atoms with E-state index in [9.17, 15) is 28.6 Å². The summed E-state index contributed by atoms with van der Waals surface area (Å²) in [6.07, 6.45) is 7.88. The molecule has 2 amide bonds. The monoisotopic (exact) mass is 824 g/mol. The van der Waals surface area contributed by atoms with Crippen molar-refractivity contribution in [3.05, 3.63) is 101 Å². The van der Waals surface area contributed by atoms with Gasteiger partial charge in [-0.3, -0.25) is 38.3 Å². The number of Topliss-reactive ketones (excluding diaryl/α,β-unsaturated/α-hetero) is 1. The largest absolute Gasteiger partial charge is 0.493 e. The molecule has 7 rings (SSSR count). The molecule has 3 aromatic heterocycles. The summed E-state index contributed by atoms with van der Waals surface area (Å²) in [7, 11) is 0.705. The number of imidazole rings is 1. The smallest absolute Gasteiger partial charge is 0.430 e. The van der Waals surface area contributed by atoms with Gasteiger partial charge in [0, 0.05) is 82.5 Å². The van der Waals surface area contributed by atoms with Gasteiger partial charge in [0.2, 0.25) is 11.7 Å². The van der Waals surface area contributed by atoms with Crippen LogP contribution in [0.4, 0.5) is 17.2 Å². The number of rotatable bonds is 16. The van der Waals surface area contributed by atoms with Crippen LogP contribution < -0.4 is 15.1 Å². The highest BCUT2D eigenvalue weighted by atomic mass is 31.2. The molecule has 0 saturated carbocycles. The highest BCUT2D eigenvalue weighted by Gasteiger charge is 2.34. The van der Waals surface area contributed by atoms with Crippen LogP contribution in [-0.4, -0.2) is 97.7 Å². The van der Waals surface area contributed by atoms with Crippen LogP contribution in [0.25, 0.3) is 10.9 Å². The van der Waals surface area contributed by atoms with Crippen molar-refractivity contribution in [2.75, 3.05) is 43.9 Å². The SMILES string of the molecule is C=C1C[C@H]2C=Nc3cc(OCCCC(=O)Nc4cn(C)c(C(=O)Cc5cc(C(=O)n6ccc7cc(NP(=O)(O)OCCOC)ccc76)n(C)c5)n4)c(C)cc3C(=O)N2C1. The molecule has 18 heteroatoms. The first-order chi connectivity index (χ1) is 28.2. The van der Waals surface area contributed by atoms with Gasteiger partial charge in [-0.1, -0.05) is 12.2 Å². The Kier molecular flexibility index (Phi) is 11.8. The van der Waals surface area contributed by atoms with Crippen molar-refractivity contribution in [2.45, 2.75) is 38.6 Å². The Hall–Kier alpha value is -6.13. The van der Waals surface area contributed by atoms with Crippen LogP contribution in [0.1, 0.15) is 61.9 Å². The summed E-state index contributed by atoms with van der Waals surface area (Å²) >= 11 is 0. The van der Waals surface area contributed by atoms with Crippen molar-refractivity contribution in [2.24, 2.45) is 19.1 Å². The molecule has 0 bridgehead atoms. The number of ketones is 1. The Morgan fingerprint density at radius 2 is 1.86 bits per heavy atom. The van der Waals surface area contributed by atoms with Crippen LogP contribution in [0.15, 0.2) is 78.2 Å². The highest BCUT2D eigenvalue weighted by Crippen LogP contribution is 2.42. The van der Waals surface area contributed by atoms with E-state index >= 15 is 0 Å². The van der Waals surface area contributed by atoms with Crippen molar-refractivity contribution < 1.29 is 42.6 Å². The molecular weight excluding hydrogens is 779 g/mol. The van der Waals surface area contributed by atoms with Gasteiger partial charge in [-0.05, 0) is 67.3 Å². The lowest BCUT2D eigenvalue weighted by molar-refractivity contribution is -0.116. The molecule has 0 spiro atoms. The number of fused-ring (bicyclic) bond motifs is 3. The number of hydrogen-bond acceptors (Lipinski definition) is 10. The van der Waals surface area contributed by atoms with Gasteiger partial charge < -0.3 is 33.7 Å². The number of amides is 2. The van der Waals surface area contributed by atoms with E-state index in [2.05, 4.69) is 27.0 Å². The number of carbonyl (C=O) groups excluding carboxylic acids is 4. The fourth-order valence-corrected chi connectivity index (χ4v) is 8.03. The van der Waals surface area contributed by atoms with Crippen molar-refractivity contribution in [1.82, 2.24) is 23.6 Å². The van der Waals surface area contributed by atoms with E-state index < -0.39 is 7.75 Å². The normalized spacial score (nSPS) is 15.8. The van der Waals surface area contributed by atoms with Crippen LogP contribution in [0.3, 0.4) is 0 Å². The highest BCUT2D eigenvalue weighted by molar-refractivity contribution is 7.54. The summed E-state index contributed by atoms with van der Waals surface area (Å²) < 4.78 is 32.8. The van der Waals surface area contributed by atoms with E-state index in [4.69, 9.17) is 14.0 Å². The van der Waals surface area contributed by atoms with Gasteiger partial charge in [0.25, 0.3) is 11.8 Å². The van der Waals surface area contributed by atoms with Crippen molar-refractivity contribution in [3.63, 3.8) is 0 Å². The molecule has 1 saturated heterocycles. The zero-order valence-corrected chi connectivity index (χ0v) is 34.0. The number of carbonyl (C=O) groups is 4. The molecule has 0 aliphatic carbocycles. The van der Waals surface area contributed by atoms with E-state index in [-0.39, 0.29) is 73.9 Å². The molecule has 59 heavy (non-hydrogen) atoms. The van der Waals surface area contributed by atoms with Gasteiger partial charge in [0.1, 0.15) is 11.4 Å². The first-order valence-corrected chi connectivity index (χ1v) is 20.5. The minimum atomic E-state index is -4.13. The zero-order valence-electron chi connectivity index (χ0n) is 33.1. The van der Waals surface area contributed by atoms with Crippen LogP contribution in [0.2, 0.25) is 0 Å². The maximum absolute atomic E-state index is 13.7. The summed E-state index contributed by atoms with van der Waals surface area (Å²) in [6, 6.07) is 11.7. The second-order valence-electron chi connectivity index (χ2n) is 14.6.